The van der Waals surface area contributed by atoms with E-state index in [1.54, 1.807) is 6.07 Å². The summed E-state index contributed by atoms with van der Waals surface area (Å²) in [6, 6.07) is 7.37. The van der Waals surface area contributed by atoms with Crippen LogP contribution in [0, 0.1) is 5.41 Å². The number of rotatable bonds is 5. The van der Waals surface area contributed by atoms with Gasteiger partial charge >= 0.3 is 0 Å². The lowest BCUT2D eigenvalue weighted by atomic mass is 9.71. The maximum Gasteiger partial charge on any atom is 0.242 e. The van der Waals surface area contributed by atoms with E-state index in [-0.39, 0.29) is 16.9 Å². The predicted molar refractivity (Wildman–Crippen MR) is 84.9 cm³/mol. The van der Waals surface area contributed by atoms with E-state index in [9.17, 15) is 13.5 Å². The number of aliphatic hydroxyl groups excluding tert-OH is 1. The van der Waals surface area contributed by atoms with Crippen molar-refractivity contribution >= 4 is 31.4 Å². The number of fused-ring (bicyclic) bond motifs is 1. The molecule has 1 fully saturated rings. The summed E-state index contributed by atoms with van der Waals surface area (Å²) >= 11 is 1.33. The highest BCUT2D eigenvalue weighted by atomic mass is 32.2. The van der Waals surface area contributed by atoms with E-state index < -0.39 is 10.0 Å². The molecule has 2 aromatic rings. The van der Waals surface area contributed by atoms with Gasteiger partial charge < -0.3 is 5.11 Å². The van der Waals surface area contributed by atoms with Crippen LogP contribution in [0.3, 0.4) is 0 Å². The SMILES string of the molecule is CC1(CNS(=O)(=O)c2c(CO)sc3ccccc23)CCC1. The summed E-state index contributed by atoms with van der Waals surface area (Å²) in [5.74, 6) is 0. The Labute approximate surface area is 128 Å². The highest BCUT2D eigenvalue weighted by Crippen LogP contribution is 2.40. The predicted octanol–water partition coefficient (Wildman–Crippen LogP) is 2.86. The van der Waals surface area contributed by atoms with E-state index in [1.807, 2.05) is 18.2 Å². The van der Waals surface area contributed by atoms with Gasteiger partial charge in [-0.1, -0.05) is 31.5 Å². The monoisotopic (exact) mass is 325 g/mol. The second-order valence-electron chi connectivity index (χ2n) is 6.00. The second kappa shape index (κ2) is 5.35. The van der Waals surface area contributed by atoms with Gasteiger partial charge in [-0.3, -0.25) is 0 Å². The van der Waals surface area contributed by atoms with Gasteiger partial charge in [0, 0.05) is 16.6 Å². The first-order valence-electron chi connectivity index (χ1n) is 7.06. The van der Waals surface area contributed by atoms with Gasteiger partial charge in [-0.2, -0.15) is 0 Å². The van der Waals surface area contributed by atoms with E-state index in [2.05, 4.69) is 11.6 Å². The van der Waals surface area contributed by atoms with Crippen molar-refractivity contribution in [2.75, 3.05) is 6.54 Å². The van der Waals surface area contributed by atoms with E-state index >= 15 is 0 Å². The van der Waals surface area contributed by atoms with E-state index in [1.165, 1.54) is 17.8 Å². The number of thiophene rings is 1. The first kappa shape index (κ1) is 15.0. The van der Waals surface area contributed by atoms with Crippen molar-refractivity contribution in [3.05, 3.63) is 29.1 Å². The third-order valence-corrected chi connectivity index (χ3v) is 7.09. The zero-order valence-corrected chi connectivity index (χ0v) is 13.6. The molecule has 0 radical (unpaired) electrons. The zero-order valence-electron chi connectivity index (χ0n) is 11.9. The van der Waals surface area contributed by atoms with E-state index in [0.29, 0.717) is 16.8 Å². The molecule has 1 saturated carbocycles. The average molecular weight is 325 g/mol. The molecule has 0 unspecified atom stereocenters. The Bertz CT molecular complexity index is 760. The normalized spacial score (nSPS) is 17.8. The van der Waals surface area contributed by atoms with Gasteiger partial charge in [0.1, 0.15) is 4.90 Å². The van der Waals surface area contributed by atoms with Crippen LogP contribution in [0.5, 0.6) is 0 Å². The Balaban J connectivity index is 1.97. The van der Waals surface area contributed by atoms with Crippen LogP contribution in [0.25, 0.3) is 10.1 Å². The fourth-order valence-electron chi connectivity index (χ4n) is 2.77. The van der Waals surface area contributed by atoms with Crippen LogP contribution in [0.1, 0.15) is 31.1 Å². The number of nitrogens with one attached hydrogen (secondary N) is 1. The third kappa shape index (κ3) is 2.73. The molecule has 1 heterocycles. The molecule has 0 bridgehead atoms. The molecule has 0 aliphatic heterocycles. The Morgan fingerprint density at radius 1 is 1.33 bits per heavy atom. The summed E-state index contributed by atoms with van der Waals surface area (Å²) in [5.41, 5.74) is 0.0816. The average Bonchev–Trinajstić information content (AvgIpc) is 2.82. The summed E-state index contributed by atoms with van der Waals surface area (Å²) in [6.07, 6.45) is 3.29. The molecule has 0 amide bonds. The molecule has 114 valence electrons. The molecular formula is C15H19NO3S2. The van der Waals surface area contributed by atoms with Crippen LogP contribution >= 0.6 is 11.3 Å². The van der Waals surface area contributed by atoms with Gasteiger partial charge in [0.05, 0.1) is 11.5 Å². The lowest BCUT2D eigenvalue weighted by Crippen LogP contribution is -2.40. The van der Waals surface area contributed by atoms with Crippen LogP contribution in [-0.4, -0.2) is 20.1 Å². The summed E-state index contributed by atoms with van der Waals surface area (Å²) in [6.45, 7) is 2.31. The molecule has 0 atom stereocenters. The van der Waals surface area contributed by atoms with Gasteiger partial charge in [0.25, 0.3) is 0 Å². The number of hydrogen-bond donors (Lipinski definition) is 2. The minimum Gasteiger partial charge on any atom is -0.391 e. The van der Waals surface area contributed by atoms with Crippen molar-refractivity contribution < 1.29 is 13.5 Å². The molecule has 4 nitrogen and oxygen atoms in total. The number of sulfonamides is 1. The van der Waals surface area contributed by atoms with Gasteiger partial charge in [-0.25, -0.2) is 13.1 Å². The maximum absolute atomic E-state index is 12.7. The molecule has 21 heavy (non-hydrogen) atoms. The Morgan fingerprint density at radius 3 is 2.67 bits per heavy atom. The van der Waals surface area contributed by atoms with Gasteiger partial charge in [0.2, 0.25) is 10.0 Å². The smallest absolute Gasteiger partial charge is 0.242 e. The molecule has 1 aromatic heterocycles. The number of hydrogen-bond acceptors (Lipinski definition) is 4. The Hall–Kier alpha value is -0.950. The summed E-state index contributed by atoms with van der Waals surface area (Å²) in [4.78, 5) is 0.746. The first-order chi connectivity index (χ1) is 9.95. The molecule has 1 aliphatic carbocycles. The van der Waals surface area contributed by atoms with Crippen LogP contribution in [0.15, 0.2) is 29.2 Å². The summed E-state index contributed by atoms with van der Waals surface area (Å²) in [5, 5.41) is 10.2. The van der Waals surface area contributed by atoms with Crippen molar-refractivity contribution in [1.82, 2.24) is 4.72 Å². The van der Waals surface area contributed by atoms with E-state index in [4.69, 9.17) is 0 Å². The van der Waals surface area contributed by atoms with Crippen molar-refractivity contribution in [3.8, 4) is 0 Å². The number of aliphatic hydroxyl groups is 1. The minimum absolute atomic E-state index is 0.0816. The van der Waals surface area contributed by atoms with Crippen molar-refractivity contribution in [1.29, 1.82) is 0 Å². The Kier molecular flexibility index (Phi) is 3.81. The van der Waals surface area contributed by atoms with Crippen LogP contribution in [-0.2, 0) is 16.6 Å². The zero-order chi connectivity index (χ0) is 15.1. The minimum atomic E-state index is -3.60. The van der Waals surface area contributed by atoms with E-state index in [0.717, 1.165) is 17.5 Å². The number of benzene rings is 1. The lowest BCUT2D eigenvalue weighted by molar-refractivity contribution is 0.166. The van der Waals surface area contributed by atoms with Crippen molar-refractivity contribution in [2.24, 2.45) is 5.41 Å². The standard InChI is InChI=1S/C15H19NO3S2/c1-15(7-4-8-15)10-16-21(18,19)14-11-5-2-3-6-12(11)20-13(14)9-17/h2-3,5-6,16-17H,4,7-10H2,1H3. The van der Waals surface area contributed by atoms with Crippen molar-refractivity contribution in [3.63, 3.8) is 0 Å². The molecular weight excluding hydrogens is 306 g/mol. The lowest BCUT2D eigenvalue weighted by Gasteiger charge is -2.38. The maximum atomic E-state index is 12.7. The molecule has 0 saturated heterocycles. The Morgan fingerprint density at radius 2 is 2.05 bits per heavy atom. The van der Waals surface area contributed by atoms with Gasteiger partial charge in [0.15, 0.2) is 0 Å². The van der Waals surface area contributed by atoms with Crippen LogP contribution < -0.4 is 4.72 Å². The van der Waals surface area contributed by atoms with Gasteiger partial charge in [-0.15, -0.1) is 11.3 Å². The van der Waals surface area contributed by atoms with Crippen LogP contribution in [0.4, 0.5) is 0 Å². The van der Waals surface area contributed by atoms with Crippen molar-refractivity contribution in [2.45, 2.75) is 37.7 Å². The molecule has 0 spiro atoms. The van der Waals surface area contributed by atoms with Gasteiger partial charge in [-0.05, 0) is 24.3 Å². The summed E-state index contributed by atoms with van der Waals surface area (Å²) < 4.78 is 28.9. The van der Waals surface area contributed by atoms with Crippen LogP contribution in [0.2, 0.25) is 0 Å². The quantitative estimate of drug-likeness (QED) is 0.888. The summed E-state index contributed by atoms with van der Waals surface area (Å²) in [7, 11) is -3.60. The fourth-order valence-corrected chi connectivity index (χ4v) is 5.76. The fraction of sp³-hybridized carbons (Fsp3) is 0.467. The molecule has 1 aromatic carbocycles. The molecule has 3 rings (SSSR count). The second-order valence-corrected chi connectivity index (χ2v) is 8.84. The highest BCUT2D eigenvalue weighted by Gasteiger charge is 2.34. The molecule has 6 heteroatoms. The topological polar surface area (TPSA) is 66.4 Å². The highest BCUT2D eigenvalue weighted by molar-refractivity contribution is 7.90. The molecule has 2 N–H and O–H groups in total. The third-order valence-electron chi connectivity index (χ3n) is 4.28. The first-order valence-corrected chi connectivity index (χ1v) is 9.36. The largest absolute Gasteiger partial charge is 0.391 e. The molecule has 1 aliphatic rings.